The Bertz CT molecular complexity index is 3010. The van der Waals surface area contributed by atoms with Gasteiger partial charge in [0.15, 0.2) is 0 Å². The number of rotatable bonds is 9. The molecule has 0 aliphatic heterocycles. The highest BCUT2D eigenvalue weighted by atomic mass is 15.2. The Balaban J connectivity index is 0.967. The van der Waals surface area contributed by atoms with E-state index in [9.17, 15) is 0 Å². The second kappa shape index (κ2) is 15.6. The van der Waals surface area contributed by atoms with E-state index in [-0.39, 0.29) is 0 Å². The van der Waals surface area contributed by atoms with Crippen molar-refractivity contribution in [2.45, 2.75) is 0 Å². The summed E-state index contributed by atoms with van der Waals surface area (Å²) in [7, 11) is 0. The molecule has 0 heterocycles. The smallest absolute Gasteiger partial charge is 0.0468 e. The second-order valence-electron chi connectivity index (χ2n) is 15.4. The Morgan fingerprint density at radius 3 is 0.574 bits per heavy atom. The summed E-state index contributed by atoms with van der Waals surface area (Å²) in [6.07, 6.45) is 0. The Morgan fingerprint density at radius 2 is 0.361 bits per heavy atom. The fourth-order valence-electron chi connectivity index (χ4n) is 8.88. The molecule has 0 amide bonds. The monoisotopic (exact) mass is 779 g/mol. The number of hydrogen-bond acceptors (Lipinski definition) is 3. The molecule has 0 fully saturated rings. The summed E-state index contributed by atoms with van der Waals surface area (Å²) in [5, 5.41) is 9.73. The Morgan fingerprint density at radius 1 is 0.164 bits per heavy atom. The molecule has 0 saturated carbocycles. The zero-order valence-electron chi connectivity index (χ0n) is 33.5. The third-order valence-corrected chi connectivity index (χ3v) is 11.7. The lowest BCUT2D eigenvalue weighted by molar-refractivity contribution is 1.29. The van der Waals surface area contributed by atoms with E-state index in [0.29, 0.717) is 0 Å². The molecule has 0 radical (unpaired) electrons. The van der Waals surface area contributed by atoms with Gasteiger partial charge in [-0.2, -0.15) is 0 Å². The fourth-order valence-corrected chi connectivity index (χ4v) is 8.88. The molecule has 0 saturated heterocycles. The number of benzene rings is 11. The van der Waals surface area contributed by atoms with Crippen molar-refractivity contribution in [1.82, 2.24) is 0 Å². The zero-order valence-corrected chi connectivity index (χ0v) is 33.5. The van der Waals surface area contributed by atoms with Crippen LogP contribution in [0.25, 0.3) is 43.1 Å². The summed E-state index contributed by atoms with van der Waals surface area (Å²) < 4.78 is 0. The molecule has 0 spiro atoms. The molecular weight excluding hydrogens is 739 g/mol. The molecule has 0 bridgehead atoms. The van der Waals surface area contributed by atoms with Crippen LogP contribution in [0.2, 0.25) is 0 Å². The fraction of sp³-hybridized carbons (Fsp3) is 0. The third-order valence-electron chi connectivity index (χ3n) is 11.7. The third kappa shape index (κ3) is 6.78. The van der Waals surface area contributed by atoms with Gasteiger partial charge < -0.3 is 14.7 Å². The van der Waals surface area contributed by atoms with Gasteiger partial charge in [-0.1, -0.05) is 140 Å². The van der Waals surface area contributed by atoms with Gasteiger partial charge in [-0.05, 0) is 152 Å². The largest absolute Gasteiger partial charge is 0.310 e. The van der Waals surface area contributed by atoms with Crippen LogP contribution in [0.15, 0.2) is 249 Å². The maximum Gasteiger partial charge on any atom is 0.0468 e. The van der Waals surface area contributed by atoms with E-state index in [1.807, 2.05) is 0 Å². The lowest BCUT2D eigenvalue weighted by Gasteiger charge is -2.27. The number of para-hydroxylation sites is 5. The summed E-state index contributed by atoms with van der Waals surface area (Å²) >= 11 is 0. The van der Waals surface area contributed by atoms with E-state index in [1.165, 1.54) is 43.1 Å². The summed E-state index contributed by atoms with van der Waals surface area (Å²) in [5.41, 5.74) is 10.1. The van der Waals surface area contributed by atoms with Crippen molar-refractivity contribution in [2.24, 2.45) is 0 Å². The van der Waals surface area contributed by atoms with Crippen molar-refractivity contribution in [3.63, 3.8) is 0 Å². The van der Waals surface area contributed by atoms with E-state index in [2.05, 4.69) is 263 Å². The van der Waals surface area contributed by atoms with Gasteiger partial charge in [-0.3, -0.25) is 0 Å². The SMILES string of the molecule is c1ccc(N(c2ccccc2)c2ccc3c(ccc4cc(N(c5ccccc5)c5ccc6c(ccc7cc(N(c8ccccc8)c8ccccc8)ccc76)c5)ccc43)c2)cc1. The van der Waals surface area contributed by atoms with E-state index >= 15 is 0 Å². The van der Waals surface area contributed by atoms with Gasteiger partial charge in [0.25, 0.3) is 0 Å². The van der Waals surface area contributed by atoms with Crippen molar-refractivity contribution in [3.05, 3.63) is 249 Å². The summed E-state index contributed by atoms with van der Waals surface area (Å²) in [5.74, 6) is 0. The minimum Gasteiger partial charge on any atom is -0.310 e. The highest BCUT2D eigenvalue weighted by Crippen LogP contribution is 2.42. The molecule has 0 atom stereocenters. The van der Waals surface area contributed by atoms with Crippen molar-refractivity contribution in [1.29, 1.82) is 0 Å². The predicted molar refractivity (Wildman–Crippen MR) is 261 cm³/mol. The molecule has 61 heavy (non-hydrogen) atoms. The van der Waals surface area contributed by atoms with Gasteiger partial charge in [-0.25, -0.2) is 0 Å². The average Bonchev–Trinajstić information content (AvgIpc) is 3.33. The highest BCUT2D eigenvalue weighted by Gasteiger charge is 2.18. The molecular formula is C58H41N3. The molecule has 0 N–H and O–H groups in total. The standard InChI is InChI=1S/C58H41N3/c1-6-16-46(17-7-1)59(47-18-8-2-9-19-47)51-30-34-55-42(38-51)26-28-44-40-53(32-36-57(44)55)61(50-24-14-5-15-25-50)54-33-37-58-45(41-54)29-27-43-39-52(31-35-56(43)58)60(48-20-10-3-11-21-48)49-22-12-4-13-23-49/h1-41H. The lowest BCUT2D eigenvalue weighted by Crippen LogP contribution is -2.10. The van der Waals surface area contributed by atoms with Crippen LogP contribution in [0.5, 0.6) is 0 Å². The maximum atomic E-state index is 2.37. The molecule has 3 nitrogen and oxygen atoms in total. The van der Waals surface area contributed by atoms with Gasteiger partial charge in [-0.15, -0.1) is 0 Å². The van der Waals surface area contributed by atoms with Crippen molar-refractivity contribution in [3.8, 4) is 0 Å². The van der Waals surface area contributed by atoms with E-state index in [4.69, 9.17) is 0 Å². The van der Waals surface area contributed by atoms with Crippen LogP contribution in [0.3, 0.4) is 0 Å². The topological polar surface area (TPSA) is 9.72 Å². The first-order chi connectivity index (χ1) is 30.2. The molecule has 0 aliphatic carbocycles. The van der Waals surface area contributed by atoms with E-state index in [1.54, 1.807) is 0 Å². The van der Waals surface area contributed by atoms with Gasteiger partial charge >= 0.3 is 0 Å². The van der Waals surface area contributed by atoms with Crippen LogP contribution in [-0.4, -0.2) is 0 Å². The van der Waals surface area contributed by atoms with Crippen molar-refractivity contribution < 1.29 is 0 Å². The highest BCUT2D eigenvalue weighted by molar-refractivity contribution is 6.11. The van der Waals surface area contributed by atoms with E-state index < -0.39 is 0 Å². The van der Waals surface area contributed by atoms with Crippen LogP contribution in [0, 0.1) is 0 Å². The molecule has 0 unspecified atom stereocenters. The average molecular weight is 780 g/mol. The zero-order chi connectivity index (χ0) is 40.5. The summed E-state index contributed by atoms with van der Waals surface area (Å²) in [6.45, 7) is 0. The Labute approximate surface area is 356 Å². The first-order valence-corrected chi connectivity index (χ1v) is 20.8. The second-order valence-corrected chi connectivity index (χ2v) is 15.4. The Kier molecular flexibility index (Phi) is 9.18. The molecule has 11 rings (SSSR count). The quantitative estimate of drug-likeness (QED) is 0.135. The molecule has 11 aromatic rings. The minimum absolute atomic E-state index is 1.11. The van der Waals surface area contributed by atoms with Crippen LogP contribution in [0.1, 0.15) is 0 Å². The molecule has 11 aromatic carbocycles. The number of nitrogens with zero attached hydrogens (tertiary/aromatic N) is 3. The normalized spacial score (nSPS) is 11.3. The van der Waals surface area contributed by atoms with Gasteiger partial charge in [0, 0.05) is 51.2 Å². The molecule has 0 aromatic heterocycles. The summed E-state index contributed by atoms with van der Waals surface area (Å²) in [6, 6.07) is 89.5. The van der Waals surface area contributed by atoms with Gasteiger partial charge in [0.05, 0.1) is 0 Å². The number of fused-ring (bicyclic) bond motifs is 6. The first-order valence-electron chi connectivity index (χ1n) is 20.8. The van der Waals surface area contributed by atoms with Crippen LogP contribution >= 0.6 is 0 Å². The number of anilines is 9. The van der Waals surface area contributed by atoms with Crippen molar-refractivity contribution >= 4 is 94.3 Å². The minimum atomic E-state index is 1.11. The maximum absolute atomic E-state index is 2.37. The van der Waals surface area contributed by atoms with Crippen LogP contribution in [-0.2, 0) is 0 Å². The molecule has 288 valence electrons. The number of hydrogen-bond donors (Lipinski definition) is 0. The van der Waals surface area contributed by atoms with Gasteiger partial charge in [0.1, 0.15) is 0 Å². The molecule has 3 heteroatoms. The lowest BCUT2D eigenvalue weighted by atomic mass is 9.99. The van der Waals surface area contributed by atoms with Crippen LogP contribution in [0.4, 0.5) is 51.2 Å². The van der Waals surface area contributed by atoms with Gasteiger partial charge in [0.2, 0.25) is 0 Å². The summed E-state index contributed by atoms with van der Waals surface area (Å²) in [4.78, 5) is 7.01. The first kappa shape index (κ1) is 36.0. The van der Waals surface area contributed by atoms with Crippen LogP contribution < -0.4 is 14.7 Å². The van der Waals surface area contributed by atoms with Crippen molar-refractivity contribution in [2.75, 3.05) is 14.7 Å². The predicted octanol–water partition coefficient (Wildman–Crippen LogP) is 16.7. The molecule has 0 aliphatic rings. The van der Waals surface area contributed by atoms with E-state index in [0.717, 1.165) is 51.2 Å². The Hall–Kier alpha value is -8.14.